The van der Waals surface area contributed by atoms with Gasteiger partial charge in [-0.3, -0.25) is 4.79 Å². The molecule has 0 aliphatic carbocycles. The SMILES string of the molecule is CC(=O)NC[C@H]1O[C@H](O)[C@H](N)[C@@H](O)[C@@H]1O. The van der Waals surface area contributed by atoms with Crippen LogP contribution in [0.3, 0.4) is 0 Å². The summed E-state index contributed by atoms with van der Waals surface area (Å²) in [6.07, 6.45) is -4.70. The predicted octanol–water partition coefficient (Wildman–Crippen LogP) is -3.11. The number of carbonyl (C=O) groups excluding carboxylic acids is 1. The first kappa shape index (κ1) is 12.3. The molecule has 15 heavy (non-hydrogen) atoms. The maximum Gasteiger partial charge on any atom is 0.216 e. The van der Waals surface area contributed by atoms with Crippen molar-refractivity contribution in [2.75, 3.05) is 6.54 Å². The molecule has 0 spiro atoms. The van der Waals surface area contributed by atoms with Gasteiger partial charge in [-0.1, -0.05) is 0 Å². The van der Waals surface area contributed by atoms with E-state index in [0.717, 1.165) is 0 Å². The van der Waals surface area contributed by atoms with Crippen molar-refractivity contribution in [2.45, 2.75) is 37.6 Å². The Morgan fingerprint density at radius 1 is 1.40 bits per heavy atom. The molecule has 1 amide bonds. The Balaban J connectivity index is 2.54. The van der Waals surface area contributed by atoms with Crippen molar-refractivity contribution < 1.29 is 24.9 Å². The third-order valence-electron chi connectivity index (χ3n) is 2.32. The Bertz CT molecular complexity index is 237. The molecule has 1 aliphatic heterocycles. The lowest BCUT2D eigenvalue weighted by atomic mass is 9.97. The highest BCUT2D eigenvalue weighted by atomic mass is 16.6. The fourth-order valence-corrected chi connectivity index (χ4v) is 1.38. The predicted molar refractivity (Wildman–Crippen MR) is 49.6 cm³/mol. The average molecular weight is 220 g/mol. The Kier molecular flexibility index (Phi) is 4.00. The van der Waals surface area contributed by atoms with Crippen LogP contribution in [0, 0.1) is 0 Å². The number of aliphatic hydroxyl groups excluding tert-OH is 3. The molecule has 1 fully saturated rings. The van der Waals surface area contributed by atoms with E-state index in [1.54, 1.807) is 0 Å². The molecule has 0 radical (unpaired) electrons. The van der Waals surface area contributed by atoms with Gasteiger partial charge >= 0.3 is 0 Å². The number of carbonyl (C=O) groups is 1. The minimum atomic E-state index is -1.35. The molecule has 88 valence electrons. The molecule has 7 heteroatoms. The monoisotopic (exact) mass is 220 g/mol. The molecule has 1 saturated heterocycles. The molecule has 0 bridgehead atoms. The minimum absolute atomic E-state index is 0.0113. The molecule has 6 N–H and O–H groups in total. The highest BCUT2D eigenvalue weighted by Gasteiger charge is 2.41. The van der Waals surface area contributed by atoms with E-state index in [1.165, 1.54) is 6.92 Å². The van der Waals surface area contributed by atoms with Crippen molar-refractivity contribution >= 4 is 5.91 Å². The Labute approximate surface area is 86.8 Å². The van der Waals surface area contributed by atoms with E-state index in [2.05, 4.69) is 5.32 Å². The Morgan fingerprint density at radius 2 is 2.00 bits per heavy atom. The number of amides is 1. The third kappa shape index (κ3) is 2.86. The number of nitrogens with one attached hydrogen (secondary N) is 1. The topological polar surface area (TPSA) is 125 Å². The number of hydrogen-bond donors (Lipinski definition) is 5. The first-order chi connectivity index (χ1) is 6.93. The van der Waals surface area contributed by atoms with E-state index in [9.17, 15) is 20.1 Å². The zero-order chi connectivity index (χ0) is 11.6. The van der Waals surface area contributed by atoms with Crippen molar-refractivity contribution in [1.29, 1.82) is 0 Å². The molecular formula is C8H16N2O5. The van der Waals surface area contributed by atoms with Crippen LogP contribution in [0.15, 0.2) is 0 Å². The van der Waals surface area contributed by atoms with Crippen LogP contribution < -0.4 is 11.1 Å². The minimum Gasteiger partial charge on any atom is -0.388 e. The van der Waals surface area contributed by atoms with Crippen LogP contribution in [0.4, 0.5) is 0 Å². The molecular weight excluding hydrogens is 204 g/mol. The zero-order valence-electron chi connectivity index (χ0n) is 8.33. The van der Waals surface area contributed by atoms with Crippen molar-refractivity contribution in [3.05, 3.63) is 0 Å². The van der Waals surface area contributed by atoms with Gasteiger partial charge in [-0.2, -0.15) is 0 Å². The number of ether oxygens (including phenoxy) is 1. The molecule has 1 aliphatic rings. The van der Waals surface area contributed by atoms with Crippen LogP contribution in [0.1, 0.15) is 6.92 Å². The number of rotatable bonds is 2. The second-order valence-corrected chi connectivity index (χ2v) is 3.56. The second kappa shape index (κ2) is 4.86. The van der Waals surface area contributed by atoms with E-state index < -0.39 is 30.6 Å². The normalized spacial score (nSPS) is 41.3. The third-order valence-corrected chi connectivity index (χ3v) is 2.32. The smallest absolute Gasteiger partial charge is 0.216 e. The van der Waals surface area contributed by atoms with Gasteiger partial charge in [0.25, 0.3) is 0 Å². The summed E-state index contributed by atoms with van der Waals surface area (Å²) < 4.78 is 4.94. The van der Waals surface area contributed by atoms with Gasteiger partial charge in [0.05, 0.1) is 6.04 Å². The molecule has 7 nitrogen and oxygen atoms in total. The molecule has 0 aromatic rings. The lowest BCUT2D eigenvalue weighted by Gasteiger charge is -2.39. The van der Waals surface area contributed by atoms with Gasteiger partial charge in [-0.05, 0) is 0 Å². The van der Waals surface area contributed by atoms with Gasteiger partial charge in [-0.25, -0.2) is 0 Å². The molecule has 0 aromatic heterocycles. The first-order valence-corrected chi connectivity index (χ1v) is 4.63. The van der Waals surface area contributed by atoms with Crippen molar-refractivity contribution in [1.82, 2.24) is 5.32 Å². The first-order valence-electron chi connectivity index (χ1n) is 4.63. The fourth-order valence-electron chi connectivity index (χ4n) is 1.38. The van der Waals surface area contributed by atoms with E-state index in [-0.39, 0.29) is 12.5 Å². The van der Waals surface area contributed by atoms with Gasteiger partial charge < -0.3 is 31.1 Å². The molecule has 0 aromatic carbocycles. The van der Waals surface area contributed by atoms with Crippen LogP contribution in [-0.4, -0.2) is 58.4 Å². The summed E-state index contributed by atoms with van der Waals surface area (Å²) in [5, 5.41) is 30.6. The number of aliphatic hydroxyl groups is 3. The van der Waals surface area contributed by atoms with Crippen molar-refractivity contribution in [3.63, 3.8) is 0 Å². The van der Waals surface area contributed by atoms with Gasteiger partial charge in [0.15, 0.2) is 6.29 Å². The zero-order valence-corrected chi connectivity index (χ0v) is 8.33. The maximum absolute atomic E-state index is 10.6. The van der Waals surface area contributed by atoms with E-state index in [4.69, 9.17) is 10.5 Å². The average Bonchev–Trinajstić information content (AvgIpc) is 2.18. The van der Waals surface area contributed by atoms with Crippen molar-refractivity contribution in [3.8, 4) is 0 Å². The number of nitrogens with two attached hydrogens (primary N) is 1. The molecule has 5 atom stereocenters. The summed E-state index contributed by atoms with van der Waals surface area (Å²) in [7, 11) is 0. The lowest BCUT2D eigenvalue weighted by Crippen LogP contribution is -2.62. The van der Waals surface area contributed by atoms with E-state index in [1.807, 2.05) is 0 Å². The Morgan fingerprint density at radius 3 is 2.53 bits per heavy atom. The second-order valence-electron chi connectivity index (χ2n) is 3.56. The van der Waals surface area contributed by atoms with Crippen molar-refractivity contribution in [2.24, 2.45) is 5.73 Å². The summed E-state index contributed by atoms with van der Waals surface area (Å²) >= 11 is 0. The van der Waals surface area contributed by atoms with Crippen LogP contribution in [-0.2, 0) is 9.53 Å². The fraction of sp³-hybridized carbons (Fsp3) is 0.875. The lowest BCUT2D eigenvalue weighted by molar-refractivity contribution is -0.240. The molecule has 1 heterocycles. The van der Waals surface area contributed by atoms with E-state index >= 15 is 0 Å². The largest absolute Gasteiger partial charge is 0.388 e. The Hall–Kier alpha value is -0.730. The summed E-state index contributed by atoms with van der Waals surface area (Å²) in [6.45, 7) is 1.32. The highest BCUT2D eigenvalue weighted by Crippen LogP contribution is 2.17. The molecule has 0 saturated carbocycles. The van der Waals surface area contributed by atoms with Crippen LogP contribution in [0.25, 0.3) is 0 Å². The summed E-state index contributed by atoms with van der Waals surface area (Å²) in [5.41, 5.74) is 5.36. The maximum atomic E-state index is 10.6. The van der Waals surface area contributed by atoms with Gasteiger partial charge in [0.1, 0.15) is 18.3 Å². The van der Waals surface area contributed by atoms with Crippen LogP contribution >= 0.6 is 0 Å². The number of hydrogen-bond acceptors (Lipinski definition) is 6. The van der Waals surface area contributed by atoms with Gasteiger partial charge in [0, 0.05) is 13.5 Å². The van der Waals surface area contributed by atoms with Gasteiger partial charge in [0.2, 0.25) is 5.91 Å². The summed E-state index contributed by atoms with van der Waals surface area (Å²) in [5.74, 6) is -0.287. The highest BCUT2D eigenvalue weighted by molar-refractivity contribution is 5.72. The van der Waals surface area contributed by atoms with Crippen LogP contribution in [0.2, 0.25) is 0 Å². The summed E-state index contributed by atoms with van der Waals surface area (Å²) in [4.78, 5) is 10.6. The van der Waals surface area contributed by atoms with Crippen LogP contribution in [0.5, 0.6) is 0 Å². The molecule has 0 unspecified atom stereocenters. The standard InChI is InChI=1S/C8H16N2O5/c1-3(11)10-2-4-6(12)7(13)5(9)8(14)15-4/h4-8,12-14H,2,9H2,1H3,(H,10,11)/t4-,5-,6-,7-,8+/m1/s1. The van der Waals surface area contributed by atoms with Gasteiger partial charge in [-0.15, -0.1) is 0 Å². The summed E-state index contributed by atoms with van der Waals surface area (Å²) in [6, 6.07) is -1.05. The van der Waals surface area contributed by atoms with E-state index in [0.29, 0.717) is 0 Å². The quantitative estimate of drug-likeness (QED) is 0.335. The molecule has 1 rings (SSSR count).